The van der Waals surface area contributed by atoms with Gasteiger partial charge in [-0.25, -0.2) is 8.42 Å². The lowest BCUT2D eigenvalue weighted by Crippen LogP contribution is -2.50. The van der Waals surface area contributed by atoms with Gasteiger partial charge in [0, 0.05) is 7.05 Å². The summed E-state index contributed by atoms with van der Waals surface area (Å²) in [6.45, 7) is 0. The first kappa shape index (κ1) is 8.96. The third-order valence-corrected chi connectivity index (χ3v) is 3.51. The van der Waals surface area contributed by atoms with E-state index in [0.717, 1.165) is 12.7 Å². The molecule has 0 amide bonds. The minimum atomic E-state index is -3.12. The maximum Gasteiger partial charge on any atom is 0.211 e. The van der Waals surface area contributed by atoms with Gasteiger partial charge in [0.1, 0.15) is 0 Å². The molecular formula is C6H13NO3S. The Morgan fingerprint density at radius 1 is 1.45 bits per heavy atom. The first-order valence-electron chi connectivity index (χ1n) is 3.54. The number of rotatable bonds is 2. The van der Waals surface area contributed by atoms with Gasteiger partial charge >= 0.3 is 0 Å². The molecule has 1 saturated carbocycles. The van der Waals surface area contributed by atoms with E-state index < -0.39 is 16.1 Å². The summed E-state index contributed by atoms with van der Waals surface area (Å²) in [6.07, 6.45) is 2.17. The van der Waals surface area contributed by atoms with E-state index in [1.807, 2.05) is 0 Å². The van der Waals surface area contributed by atoms with Crippen molar-refractivity contribution in [2.75, 3.05) is 13.3 Å². The topological polar surface area (TPSA) is 57.6 Å². The third-order valence-electron chi connectivity index (χ3n) is 2.19. The normalized spacial score (nSPS) is 32.0. The molecule has 1 fully saturated rings. The average Bonchev–Trinajstić information content (AvgIpc) is 1.83. The minimum Gasteiger partial charge on any atom is -0.391 e. The van der Waals surface area contributed by atoms with E-state index in [2.05, 4.69) is 0 Å². The van der Waals surface area contributed by atoms with Crippen molar-refractivity contribution in [2.45, 2.75) is 25.0 Å². The number of hydrogen-bond acceptors (Lipinski definition) is 3. The van der Waals surface area contributed by atoms with Crippen molar-refractivity contribution in [1.82, 2.24) is 4.31 Å². The molecule has 66 valence electrons. The fourth-order valence-corrected chi connectivity index (χ4v) is 1.87. The molecule has 1 N–H and O–H groups in total. The zero-order valence-corrected chi connectivity index (χ0v) is 7.50. The first-order valence-corrected chi connectivity index (χ1v) is 5.39. The second-order valence-corrected chi connectivity index (χ2v) is 5.03. The summed E-state index contributed by atoms with van der Waals surface area (Å²) in [6, 6.07) is -0.190. The molecule has 1 aliphatic rings. The van der Waals surface area contributed by atoms with Crippen molar-refractivity contribution in [1.29, 1.82) is 0 Å². The van der Waals surface area contributed by atoms with Crippen molar-refractivity contribution in [3.05, 3.63) is 0 Å². The Morgan fingerprint density at radius 2 is 2.00 bits per heavy atom. The molecule has 1 rings (SSSR count). The smallest absolute Gasteiger partial charge is 0.211 e. The molecule has 0 radical (unpaired) electrons. The summed E-state index contributed by atoms with van der Waals surface area (Å²) in [5.41, 5.74) is 0. The molecule has 0 aromatic rings. The van der Waals surface area contributed by atoms with Crippen molar-refractivity contribution in [3.8, 4) is 0 Å². The van der Waals surface area contributed by atoms with E-state index in [1.165, 1.54) is 11.4 Å². The molecule has 4 nitrogen and oxygen atoms in total. The molecule has 0 bridgehead atoms. The van der Waals surface area contributed by atoms with E-state index in [4.69, 9.17) is 5.11 Å². The van der Waals surface area contributed by atoms with Crippen LogP contribution in [0.25, 0.3) is 0 Å². The van der Waals surface area contributed by atoms with Crippen molar-refractivity contribution in [3.63, 3.8) is 0 Å². The van der Waals surface area contributed by atoms with Gasteiger partial charge in [-0.3, -0.25) is 0 Å². The van der Waals surface area contributed by atoms with Gasteiger partial charge in [-0.1, -0.05) is 0 Å². The monoisotopic (exact) mass is 179 g/mol. The second kappa shape index (κ2) is 2.73. The maximum absolute atomic E-state index is 10.9. The van der Waals surface area contributed by atoms with Gasteiger partial charge in [0.25, 0.3) is 0 Å². The Bertz CT molecular complexity index is 236. The molecule has 1 aliphatic carbocycles. The van der Waals surface area contributed by atoms with Crippen LogP contribution in [0.5, 0.6) is 0 Å². The number of hydrogen-bond donors (Lipinski definition) is 1. The lowest BCUT2D eigenvalue weighted by Gasteiger charge is -2.37. The Balaban J connectivity index is 2.62. The van der Waals surface area contributed by atoms with E-state index >= 15 is 0 Å². The average molecular weight is 179 g/mol. The summed E-state index contributed by atoms with van der Waals surface area (Å²) < 4.78 is 23.1. The van der Waals surface area contributed by atoms with Crippen LogP contribution < -0.4 is 0 Å². The van der Waals surface area contributed by atoms with Crippen LogP contribution in [0, 0.1) is 0 Å². The molecular weight excluding hydrogens is 166 g/mol. The van der Waals surface area contributed by atoms with Gasteiger partial charge in [-0.15, -0.1) is 0 Å². The van der Waals surface area contributed by atoms with Crippen LogP contribution in [0.1, 0.15) is 12.8 Å². The predicted molar refractivity (Wildman–Crippen MR) is 41.6 cm³/mol. The van der Waals surface area contributed by atoms with Gasteiger partial charge < -0.3 is 5.11 Å². The van der Waals surface area contributed by atoms with Gasteiger partial charge in [0.05, 0.1) is 18.4 Å². The van der Waals surface area contributed by atoms with E-state index in [-0.39, 0.29) is 6.04 Å². The fourth-order valence-electron chi connectivity index (χ4n) is 1.13. The summed E-state index contributed by atoms with van der Waals surface area (Å²) in [7, 11) is -1.62. The molecule has 0 spiro atoms. The number of nitrogens with zero attached hydrogens (tertiary/aromatic N) is 1. The SMILES string of the molecule is CN(C1CCC1O)S(C)(=O)=O. The Morgan fingerprint density at radius 3 is 2.09 bits per heavy atom. The zero-order valence-electron chi connectivity index (χ0n) is 6.69. The lowest BCUT2D eigenvalue weighted by molar-refractivity contribution is 0.0213. The standard InChI is InChI=1S/C6H13NO3S/c1-7(11(2,9)10)5-3-4-6(5)8/h5-6,8H,3-4H2,1-2H3. The highest BCUT2D eigenvalue weighted by Crippen LogP contribution is 2.25. The summed E-state index contributed by atoms with van der Waals surface area (Å²) in [5.74, 6) is 0. The quantitative estimate of drug-likeness (QED) is 0.616. The van der Waals surface area contributed by atoms with Crippen LogP contribution in [0.15, 0.2) is 0 Å². The summed E-state index contributed by atoms with van der Waals surface area (Å²) >= 11 is 0. The molecule has 0 aromatic carbocycles. The highest BCUT2D eigenvalue weighted by atomic mass is 32.2. The Hall–Kier alpha value is -0.130. The number of aliphatic hydroxyl groups excluding tert-OH is 1. The number of sulfonamides is 1. The van der Waals surface area contributed by atoms with Crippen LogP contribution in [0.4, 0.5) is 0 Å². The highest BCUT2D eigenvalue weighted by Gasteiger charge is 2.35. The molecule has 11 heavy (non-hydrogen) atoms. The molecule has 0 saturated heterocycles. The van der Waals surface area contributed by atoms with Gasteiger partial charge in [-0.05, 0) is 12.8 Å². The van der Waals surface area contributed by atoms with E-state index in [9.17, 15) is 8.42 Å². The molecule has 2 unspecified atom stereocenters. The van der Waals surface area contributed by atoms with Gasteiger partial charge in [0.15, 0.2) is 0 Å². The number of likely N-dealkylation sites (N-methyl/N-ethyl adjacent to an activating group) is 1. The summed E-state index contributed by atoms with van der Waals surface area (Å²) in [5, 5.41) is 9.14. The fraction of sp³-hybridized carbons (Fsp3) is 1.00. The van der Waals surface area contributed by atoms with E-state index in [1.54, 1.807) is 0 Å². The summed E-state index contributed by atoms with van der Waals surface area (Å²) in [4.78, 5) is 0. The van der Waals surface area contributed by atoms with Crippen LogP contribution in [-0.4, -0.2) is 43.3 Å². The van der Waals surface area contributed by atoms with Crippen LogP contribution >= 0.6 is 0 Å². The second-order valence-electron chi connectivity index (χ2n) is 2.99. The lowest BCUT2D eigenvalue weighted by atomic mass is 9.89. The van der Waals surface area contributed by atoms with Crippen LogP contribution in [-0.2, 0) is 10.0 Å². The van der Waals surface area contributed by atoms with Crippen LogP contribution in [0.2, 0.25) is 0 Å². The molecule has 0 heterocycles. The minimum absolute atomic E-state index is 0.190. The zero-order chi connectivity index (χ0) is 8.65. The first-order chi connectivity index (χ1) is 4.93. The van der Waals surface area contributed by atoms with Crippen molar-refractivity contribution >= 4 is 10.0 Å². The largest absolute Gasteiger partial charge is 0.391 e. The predicted octanol–water partition coefficient (Wildman–Crippen LogP) is -0.599. The van der Waals surface area contributed by atoms with Crippen molar-refractivity contribution in [2.24, 2.45) is 0 Å². The Labute approximate surface area is 66.9 Å². The van der Waals surface area contributed by atoms with Crippen molar-refractivity contribution < 1.29 is 13.5 Å². The molecule has 0 aromatic heterocycles. The molecule has 0 aliphatic heterocycles. The third kappa shape index (κ3) is 1.72. The Kier molecular flexibility index (Phi) is 2.22. The molecule has 5 heteroatoms. The van der Waals surface area contributed by atoms with Crippen LogP contribution in [0.3, 0.4) is 0 Å². The van der Waals surface area contributed by atoms with Gasteiger partial charge in [-0.2, -0.15) is 4.31 Å². The highest BCUT2D eigenvalue weighted by molar-refractivity contribution is 7.88. The van der Waals surface area contributed by atoms with Gasteiger partial charge in [0.2, 0.25) is 10.0 Å². The maximum atomic E-state index is 10.9. The number of aliphatic hydroxyl groups is 1. The van der Waals surface area contributed by atoms with E-state index in [0.29, 0.717) is 6.42 Å². The molecule has 2 atom stereocenters.